The quantitative estimate of drug-likeness (QED) is 0.458. The lowest BCUT2D eigenvalue weighted by Crippen LogP contribution is -2.21. The molecule has 0 N–H and O–H groups in total. The molecule has 0 radical (unpaired) electrons. The molecule has 0 aliphatic carbocycles. The summed E-state index contributed by atoms with van der Waals surface area (Å²) in [5, 5.41) is 14.2. The molecule has 4 nitrogen and oxygen atoms in total. The molecular weight excluding hydrogens is 132 g/mol. The molecule has 0 aliphatic heterocycles. The van der Waals surface area contributed by atoms with Crippen LogP contribution in [0, 0.1) is 0 Å². The smallest absolute Gasteiger partial charge is 0.262 e. The second-order valence-corrected chi connectivity index (χ2v) is 1.89. The van der Waals surface area contributed by atoms with Crippen molar-refractivity contribution < 1.29 is 14.1 Å². The van der Waals surface area contributed by atoms with Crippen LogP contribution in [0.25, 0.3) is 5.52 Å². The molecule has 0 saturated carbocycles. The van der Waals surface area contributed by atoms with E-state index in [4.69, 9.17) is 0 Å². The van der Waals surface area contributed by atoms with Gasteiger partial charge in [-0.1, -0.05) is 0 Å². The molecule has 0 bridgehead atoms. The van der Waals surface area contributed by atoms with Gasteiger partial charge in [0.25, 0.3) is 5.52 Å². The highest BCUT2D eigenvalue weighted by molar-refractivity contribution is 5.44. The highest BCUT2D eigenvalue weighted by atomic mass is 16.6. The molecule has 0 unspecified atom stereocenters. The van der Waals surface area contributed by atoms with E-state index in [0.717, 1.165) is 0 Å². The van der Waals surface area contributed by atoms with E-state index in [0.29, 0.717) is 5.52 Å². The summed E-state index contributed by atoms with van der Waals surface area (Å²) in [5.74, 6) is -0.402. The molecule has 0 saturated heterocycles. The van der Waals surface area contributed by atoms with Gasteiger partial charge in [0.2, 0.25) is 6.20 Å². The van der Waals surface area contributed by atoms with Gasteiger partial charge in [-0.2, -0.15) is 0 Å². The predicted molar refractivity (Wildman–Crippen MR) is 29.1 cm³/mol. The van der Waals surface area contributed by atoms with E-state index in [2.05, 4.69) is 9.79 Å². The van der Waals surface area contributed by atoms with Gasteiger partial charge in [0.1, 0.15) is 0 Å². The standard InChI is InChI=1S/C6H4N2O2/c9-6-5-3-1-2-4-8(5)7-10-6/h1-4H. The zero-order chi connectivity index (χ0) is 6.97. The van der Waals surface area contributed by atoms with Crippen LogP contribution in [-0.4, -0.2) is 5.27 Å². The van der Waals surface area contributed by atoms with Gasteiger partial charge in [-0.25, -0.2) is 0 Å². The first kappa shape index (κ1) is 5.22. The van der Waals surface area contributed by atoms with Gasteiger partial charge in [0, 0.05) is 12.1 Å². The van der Waals surface area contributed by atoms with Gasteiger partial charge >= 0.3 is 0 Å². The summed E-state index contributed by atoms with van der Waals surface area (Å²) in [6.07, 6.45) is 1.65. The Morgan fingerprint density at radius 2 is 2.40 bits per heavy atom. The third-order valence-electron chi connectivity index (χ3n) is 1.26. The van der Waals surface area contributed by atoms with E-state index in [1.165, 1.54) is 4.52 Å². The van der Waals surface area contributed by atoms with E-state index >= 15 is 0 Å². The van der Waals surface area contributed by atoms with Gasteiger partial charge in [0.15, 0.2) is 5.95 Å². The lowest BCUT2D eigenvalue weighted by atomic mass is 10.4. The number of aromatic nitrogens is 2. The minimum absolute atomic E-state index is 0.402. The Bertz CT molecular complexity index is 355. The minimum Gasteiger partial charge on any atom is -0.539 e. The number of hydrogen-bond donors (Lipinski definition) is 0. The molecule has 10 heavy (non-hydrogen) atoms. The molecule has 0 aliphatic rings. The van der Waals surface area contributed by atoms with Gasteiger partial charge < -0.3 is 9.63 Å². The molecule has 0 fully saturated rings. The van der Waals surface area contributed by atoms with Gasteiger partial charge in [-0.05, 0) is 10.6 Å². The van der Waals surface area contributed by atoms with Crippen LogP contribution in [-0.2, 0) is 0 Å². The fraction of sp³-hybridized carbons (Fsp3) is 0. The van der Waals surface area contributed by atoms with Crippen LogP contribution in [0.1, 0.15) is 0 Å². The number of rotatable bonds is 0. The molecule has 0 amide bonds. The highest BCUT2D eigenvalue weighted by Crippen LogP contribution is 2.06. The van der Waals surface area contributed by atoms with Gasteiger partial charge in [0.05, 0.1) is 5.27 Å². The first-order valence-corrected chi connectivity index (χ1v) is 2.81. The van der Waals surface area contributed by atoms with Crippen LogP contribution in [0.15, 0.2) is 28.9 Å². The summed E-state index contributed by atoms with van der Waals surface area (Å²) in [6, 6.07) is 5.18. The normalized spacial score (nSPS) is 10.4. The van der Waals surface area contributed by atoms with Crippen molar-refractivity contribution in [2.45, 2.75) is 0 Å². The first-order chi connectivity index (χ1) is 4.88. The molecule has 4 heteroatoms. The summed E-state index contributed by atoms with van der Waals surface area (Å²) in [5.41, 5.74) is 0.461. The minimum atomic E-state index is -0.402. The van der Waals surface area contributed by atoms with Gasteiger partial charge in [-0.3, -0.25) is 0 Å². The average molecular weight is 136 g/mol. The van der Waals surface area contributed by atoms with Crippen LogP contribution in [0.3, 0.4) is 0 Å². The third-order valence-corrected chi connectivity index (χ3v) is 1.26. The Morgan fingerprint density at radius 3 is 3.20 bits per heavy atom. The molecular formula is C6H4N2O2. The average Bonchev–Trinajstić information content (AvgIpc) is 2.34. The Morgan fingerprint density at radius 1 is 1.50 bits per heavy atom. The van der Waals surface area contributed by atoms with Crippen LogP contribution in [0.2, 0.25) is 0 Å². The fourth-order valence-corrected chi connectivity index (χ4v) is 0.795. The summed E-state index contributed by atoms with van der Waals surface area (Å²) >= 11 is 0. The Kier molecular flexibility index (Phi) is 0.887. The van der Waals surface area contributed by atoms with Crippen molar-refractivity contribution in [3.63, 3.8) is 0 Å². The van der Waals surface area contributed by atoms with Crippen molar-refractivity contribution in [1.82, 2.24) is 5.27 Å². The molecule has 2 aromatic rings. The molecule has 2 aromatic heterocycles. The van der Waals surface area contributed by atoms with Crippen LogP contribution in [0.5, 0.6) is 5.95 Å². The fourth-order valence-electron chi connectivity index (χ4n) is 0.795. The monoisotopic (exact) mass is 136 g/mol. The molecule has 0 atom stereocenters. The van der Waals surface area contributed by atoms with Crippen molar-refractivity contribution in [3.8, 4) is 5.95 Å². The summed E-state index contributed by atoms with van der Waals surface area (Å²) in [4.78, 5) is 0. The predicted octanol–water partition coefficient (Wildman–Crippen LogP) is -0.513. The number of hydrogen-bond acceptors (Lipinski definition) is 3. The van der Waals surface area contributed by atoms with E-state index in [1.54, 1.807) is 24.4 Å². The van der Waals surface area contributed by atoms with E-state index in [9.17, 15) is 5.11 Å². The molecule has 50 valence electrons. The van der Waals surface area contributed by atoms with Crippen LogP contribution in [0.4, 0.5) is 0 Å². The lowest BCUT2D eigenvalue weighted by molar-refractivity contribution is -0.595. The van der Waals surface area contributed by atoms with Crippen molar-refractivity contribution in [1.29, 1.82) is 0 Å². The second-order valence-electron chi connectivity index (χ2n) is 1.89. The maximum absolute atomic E-state index is 10.7. The number of pyridine rings is 1. The highest BCUT2D eigenvalue weighted by Gasteiger charge is 2.03. The SMILES string of the molecule is [O-]c1on[n+]2ccccc12. The van der Waals surface area contributed by atoms with Crippen molar-refractivity contribution in [3.05, 3.63) is 24.4 Å². The Hall–Kier alpha value is -1.58. The molecule has 2 heterocycles. The van der Waals surface area contributed by atoms with Gasteiger partial charge in [-0.15, -0.1) is 0 Å². The Labute approximate surface area is 56.3 Å². The van der Waals surface area contributed by atoms with Crippen LogP contribution >= 0.6 is 0 Å². The zero-order valence-corrected chi connectivity index (χ0v) is 5.02. The summed E-state index contributed by atoms with van der Waals surface area (Å²) < 4.78 is 5.76. The van der Waals surface area contributed by atoms with Crippen LogP contribution < -0.4 is 9.62 Å². The number of nitrogens with zero attached hydrogens (tertiary/aromatic N) is 2. The summed E-state index contributed by atoms with van der Waals surface area (Å²) in [7, 11) is 0. The molecule has 0 spiro atoms. The van der Waals surface area contributed by atoms with E-state index < -0.39 is 5.95 Å². The Balaban J connectivity index is 2.93. The lowest BCUT2D eigenvalue weighted by Gasteiger charge is -1.81. The molecule has 2 rings (SSSR count). The maximum Gasteiger partial charge on any atom is 0.262 e. The number of fused-ring (bicyclic) bond motifs is 1. The zero-order valence-electron chi connectivity index (χ0n) is 5.02. The van der Waals surface area contributed by atoms with Crippen molar-refractivity contribution >= 4 is 5.52 Å². The third kappa shape index (κ3) is 0.556. The first-order valence-electron chi connectivity index (χ1n) is 2.81. The van der Waals surface area contributed by atoms with E-state index in [1.807, 2.05) is 0 Å². The second kappa shape index (κ2) is 1.70. The van der Waals surface area contributed by atoms with Crippen molar-refractivity contribution in [2.75, 3.05) is 0 Å². The topological polar surface area (TPSA) is 53.2 Å². The summed E-state index contributed by atoms with van der Waals surface area (Å²) in [6.45, 7) is 0. The largest absolute Gasteiger partial charge is 0.539 e. The maximum atomic E-state index is 10.7. The molecule has 0 aromatic carbocycles. The van der Waals surface area contributed by atoms with E-state index in [-0.39, 0.29) is 0 Å². The van der Waals surface area contributed by atoms with Crippen molar-refractivity contribution in [2.24, 2.45) is 0 Å².